The molecule has 1 heterocycles. The van der Waals surface area contributed by atoms with Crippen LogP contribution in [-0.2, 0) is 9.53 Å². The van der Waals surface area contributed by atoms with E-state index in [2.05, 4.69) is 11.8 Å². The van der Waals surface area contributed by atoms with Crippen LogP contribution in [0.15, 0.2) is 0 Å². The molecule has 0 aromatic carbocycles. The second kappa shape index (κ2) is 4.00. The quantitative estimate of drug-likeness (QED) is 0.724. The zero-order valence-corrected chi connectivity index (χ0v) is 10.3. The van der Waals surface area contributed by atoms with Crippen LogP contribution >= 0.6 is 0 Å². The van der Waals surface area contributed by atoms with Crippen LogP contribution in [0.5, 0.6) is 0 Å². The Kier molecular flexibility index (Phi) is 2.97. The van der Waals surface area contributed by atoms with Gasteiger partial charge in [0, 0.05) is 18.6 Å². The maximum absolute atomic E-state index is 11.5. The van der Waals surface area contributed by atoms with Crippen LogP contribution in [0.3, 0.4) is 0 Å². The van der Waals surface area contributed by atoms with Gasteiger partial charge in [-0.3, -0.25) is 9.69 Å². The number of nitrogens with zero attached hydrogens (tertiary/aromatic N) is 1. The van der Waals surface area contributed by atoms with Crippen molar-refractivity contribution in [3.05, 3.63) is 0 Å². The Morgan fingerprint density at radius 1 is 1.56 bits per heavy atom. The lowest BCUT2D eigenvalue weighted by Gasteiger charge is -2.28. The number of aliphatic hydroxyl groups is 1. The third kappa shape index (κ3) is 1.96. The van der Waals surface area contributed by atoms with Crippen molar-refractivity contribution >= 4 is 5.97 Å². The van der Waals surface area contributed by atoms with Gasteiger partial charge in [0.25, 0.3) is 0 Å². The molecule has 2 rings (SSSR count). The number of ether oxygens (including phenoxy) is 1. The Balaban J connectivity index is 2.05. The van der Waals surface area contributed by atoms with Crippen molar-refractivity contribution in [2.24, 2.45) is 5.92 Å². The molecule has 1 N–H and O–H groups in total. The highest BCUT2D eigenvalue weighted by Gasteiger charge is 2.50. The van der Waals surface area contributed by atoms with Gasteiger partial charge >= 0.3 is 5.97 Å². The van der Waals surface area contributed by atoms with Gasteiger partial charge in [0.2, 0.25) is 0 Å². The van der Waals surface area contributed by atoms with E-state index in [4.69, 9.17) is 4.74 Å². The Hall–Kier alpha value is -0.610. The van der Waals surface area contributed by atoms with Gasteiger partial charge in [-0.1, -0.05) is 0 Å². The lowest BCUT2D eigenvalue weighted by molar-refractivity contribution is -0.153. The molecule has 0 aromatic rings. The minimum Gasteiger partial charge on any atom is -0.469 e. The molecule has 0 aromatic heterocycles. The summed E-state index contributed by atoms with van der Waals surface area (Å²) in [5.41, 5.74) is -0.908. The van der Waals surface area contributed by atoms with E-state index in [0.29, 0.717) is 25.0 Å². The fraction of sp³-hybridized carbons (Fsp3) is 0.917. The maximum atomic E-state index is 11.5. The minimum atomic E-state index is -0.908. The topological polar surface area (TPSA) is 49.8 Å². The first-order chi connectivity index (χ1) is 7.48. The predicted molar refractivity (Wildman–Crippen MR) is 59.9 cm³/mol. The molecule has 1 saturated heterocycles. The molecule has 4 nitrogen and oxygen atoms in total. The van der Waals surface area contributed by atoms with Gasteiger partial charge in [-0.25, -0.2) is 0 Å². The first-order valence-corrected chi connectivity index (χ1v) is 6.04. The average molecular weight is 227 g/mol. The molecular weight excluding hydrogens is 206 g/mol. The van der Waals surface area contributed by atoms with Crippen LogP contribution in [0.2, 0.25) is 0 Å². The SMILES string of the molecule is COC(=O)C(C)C1(O)CC(C)N(C2CC2)C1. The van der Waals surface area contributed by atoms with Crippen LogP contribution in [-0.4, -0.2) is 47.3 Å². The molecule has 2 aliphatic rings. The standard InChI is InChI=1S/C12H21NO3/c1-8-6-12(15,9(2)11(14)16-3)7-13(8)10-4-5-10/h8-10,15H,4-7H2,1-3H3. The van der Waals surface area contributed by atoms with Gasteiger partial charge in [-0.05, 0) is 33.1 Å². The third-order valence-corrected chi connectivity index (χ3v) is 4.05. The summed E-state index contributed by atoms with van der Waals surface area (Å²) in [4.78, 5) is 13.8. The maximum Gasteiger partial charge on any atom is 0.311 e. The molecule has 2 fully saturated rings. The normalized spacial score (nSPS) is 37.4. The number of rotatable bonds is 3. The summed E-state index contributed by atoms with van der Waals surface area (Å²) in [6, 6.07) is 0.999. The van der Waals surface area contributed by atoms with E-state index in [1.807, 2.05) is 0 Å². The van der Waals surface area contributed by atoms with Crippen molar-refractivity contribution in [1.29, 1.82) is 0 Å². The first kappa shape index (κ1) is 11.9. The molecule has 1 aliphatic carbocycles. The van der Waals surface area contributed by atoms with E-state index < -0.39 is 11.5 Å². The highest BCUT2D eigenvalue weighted by Crippen LogP contribution is 2.40. The number of hydrogen-bond acceptors (Lipinski definition) is 4. The highest BCUT2D eigenvalue weighted by atomic mass is 16.5. The largest absolute Gasteiger partial charge is 0.469 e. The van der Waals surface area contributed by atoms with Crippen molar-refractivity contribution in [2.75, 3.05) is 13.7 Å². The summed E-state index contributed by atoms with van der Waals surface area (Å²) in [5.74, 6) is -0.754. The van der Waals surface area contributed by atoms with Gasteiger partial charge in [0.1, 0.15) is 0 Å². The van der Waals surface area contributed by atoms with Gasteiger partial charge in [-0.2, -0.15) is 0 Å². The second-order valence-electron chi connectivity index (χ2n) is 5.31. The minimum absolute atomic E-state index is 0.313. The average Bonchev–Trinajstić information content (AvgIpc) is 3.03. The van der Waals surface area contributed by atoms with Crippen molar-refractivity contribution in [1.82, 2.24) is 4.90 Å². The van der Waals surface area contributed by atoms with Crippen molar-refractivity contribution in [2.45, 2.75) is 50.8 Å². The predicted octanol–water partition coefficient (Wildman–Crippen LogP) is 0.783. The van der Waals surface area contributed by atoms with E-state index in [-0.39, 0.29) is 5.97 Å². The number of hydrogen-bond donors (Lipinski definition) is 1. The summed E-state index contributed by atoms with van der Waals surface area (Å²) in [6.07, 6.45) is 3.12. The fourth-order valence-electron chi connectivity index (χ4n) is 2.77. The smallest absolute Gasteiger partial charge is 0.311 e. The Morgan fingerprint density at radius 2 is 2.19 bits per heavy atom. The number of carbonyl (C=O) groups excluding carboxylic acids is 1. The monoisotopic (exact) mass is 227 g/mol. The number of esters is 1. The molecule has 1 aliphatic heterocycles. The van der Waals surface area contributed by atoms with Crippen LogP contribution in [0.25, 0.3) is 0 Å². The number of likely N-dealkylation sites (tertiary alicyclic amines) is 1. The lowest BCUT2D eigenvalue weighted by Crippen LogP contribution is -2.44. The molecule has 0 bridgehead atoms. The zero-order valence-electron chi connectivity index (χ0n) is 10.3. The second-order valence-corrected chi connectivity index (χ2v) is 5.31. The van der Waals surface area contributed by atoms with E-state index in [1.54, 1.807) is 6.92 Å². The molecular formula is C12H21NO3. The fourth-order valence-corrected chi connectivity index (χ4v) is 2.77. The molecule has 1 saturated carbocycles. The molecule has 3 atom stereocenters. The molecule has 0 radical (unpaired) electrons. The molecule has 4 heteroatoms. The summed E-state index contributed by atoms with van der Waals surface area (Å²) < 4.78 is 4.72. The lowest BCUT2D eigenvalue weighted by atomic mass is 9.87. The van der Waals surface area contributed by atoms with Crippen LogP contribution < -0.4 is 0 Å². The van der Waals surface area contributed by atoms with E-state index in [1.165, 1.54) is 20.0 Å². The molecule has 0 amide bonds. The molecule has 3 unspecified atom stereocenters. The van der Waals surface area contributed by atoms with Crippen molar-refractivity contribution in [3.63, 3.8) is 0 Å². The summed E-state index contributed by atoms with van der Waals surface area (Å²) in [6.45, 7) is 4.49. The van der Waals surface area contributed by atoms with E-state index in [0.717, 1.165) is 0 Å². The number of β-amino-alcohol motifs (C(OH)–C–C–N with tert-alkyl or cyclic N) is 1. The zero-order chi connectivity index (χ0) is 11.9. The van der Waals surface area contributed by atoms with E-state index >= 15 is 0 Å². The first-order valence-electron chi connectivity index (χ1n) is 6.04. The summed E-state index contributed by atoms with van der Waals surface area (Å²) in [7, 11) is 1.37. The molecule has 0 spiro atoms. The molecule has 16 heavy (non-hydrogen) atoms. The number of methoxy groups -OCH3 is 1. The van der Waals surface area contributed by atoms with Gasteiger partial charge in [-0.15, -0.1) is 0 Å². The Bertz CT molecular complexity index is 290. The van der Waals surface area contributed by atoms with Crippen LogP contribution in [0.1, 0.15) is 33.1 Å². The van der Waals surface area contributed by atoms with Crippen LogP contribution in [0, 0.1) is 5.92 Å². The Morgan fingerprint density at radius 3 is 2.69 bits per heavy atom. The number of carbonyl (C=O) groups is 1. The summed E-state index contributed by atoms with van der Waals surface area (Å²) >= 11 is 0. The van der Waals surface area contributed by atoms with Crippen molar-refractivity contribution < 1.29 is 14.6 Å². The molecule has 92 valence electrons. The van der Waals surface area contributed by atoms with E-state index in [9.17, 15) is 9.90 Å². The third-order valence-electron chi connectivity index (χ3n) is 4.05. The highest BCUT2D eigenvalue weighted by molar-refractivity contribution is 5.73. The van der Waals surface area contributed by atoms with Crippen molar-refractivity contribution in [3.8, 4) is 0 Å². The Labute approximate surface area is 96.6 Å². The van der Waals surface area contributed by atoms with Gasteiger partial charge in [0.15, 0.2) is 0 Å². The summed E-state index contributed by atoms with van der Waals surface area (Å²) in [5, 5.41) is 10.5. The van der Waals surface area contributed by atoms with Crippen LogP contribution in [0.4, 0.5) is 0 Å². The van der Waals surface area contributed by atoms with Gasteiger partial charge in [0.05, 0.1) is 18.6 Å². The van der Waals surface area contributed by atoms with Gasteiger partial charge < -0.3 is 9.84 Å².